The van der Waals surface area contributed by atoms with E-state index in [1.165, 1.54) is 0 Å². The van der Waals surface area contributed by atoms with Gasteiger partial charge in [-0.25, -0.2) is 4.63 Å². The number of rotatable bonds is 4. The molecule has 0 radical (unpaired) electrons. The van der Waals surface area contributed by atoms with Gasteiger partial charge >= 0.3 is 0 Å². The molecule has 1 amide bonds. The Balaban J connectivity index is 1.90. The second kappa shape index (κ2) is 5.54. The first-order chi connectivity index (χ1) is 9.00. The third-order valence-corrected chi connectivity index (χ3v) is 3.28. The molecular formula is C11H19N5O3. The number of nitrogens with two attached hydrogens (primary N) is 1. The number of carbonyl (C=O) groups excluding carboxylic acids is 1. The van der Waals surface area contributed by atoms with Gasteiger partial charge in [-0.2, -0.15) is 0 Å². The minimum absolute atomic E-state index is 0.00155. The zero-order chi connectivity index (χ0) is 13.9. The number of nitrogens with one attached hydrogen (secondary N) is 1. The molecule has 1 aliphatic heterocycles. The van der Waals surface area contributed by atoms with Crippen molar-refractivity contribution in [3.05, 3.63) is 5.69 Å². The largest absolute Gasteiger partial charge is 0.379 e. The lowest BCUT2D eigenvalue weighted by Gasteiger charge is -2.40. The lowest BCUT2D eigenvalue weighted by molar-refractivity contribution is -0.00925. The van der Waals surface area contributed by atoms with Gasteiger partial charge in [-0.05, 0) is 24.2 Å². The Morgan fingerprint density at radius 3 is 2.68 bits per heavy atom. The van der Waals surface area contributed by atoms with E-state index in [2.05, 4.69) is 39.0 Å². The number of hydrogen-bond acceptors (Lipinski definition) is 7. The van der Waals surface area contributed by atoms with Crippen molar-refractivity contribution < 1.29 is 14.2 Å². The number of ether oxygens (including phenoxy) is 1. The average molecular weight is 269 g/mol. The summed E-state index contributed by atoms with van der Waals surface area (Å²) in [7, 11) is 0. The van der Waals surface area contributed by atoms with Crippen molar-refractivity contribution in [3.63, 3.8) is 0 Å². The molecule has 1 aromatic heterocycles. The summed E-state index contributed by atoms with van der Waals surface area (Å²) in [6.07, 6.45) is 0. The van der Waals surface area contributed by atoms with Crippen molar-refractivity contribution in [3.8, 4) is 0 Å². The van der Waals surface area contributed by atoms with Gasteiger partial charge < -0.3 is 15.8 Å². The zero-order valence-corrected chi connectivity index (χ0v) is 11.2. The highest BCUT2D eigenvalue weighted by molar-refractivity contribution is 5.96. The minimum atomic E-state index is -0.375. The normalized spacial score (nSPS) is 17.4. The van der Waals surface area contributed by atoms with Gasteiger partial charge in [0.05, 0.1) is 13.2 Å². The van der Waals surface area contributed by atoms with Crippen molar-refractivity contribution in [1.82, 2.24) is 20.5 Å². The highest BCUT2D eigenvalue weighted by Crippen LogP contribution is 2.15. The molecule has 1 saturated heterocycles. The molecular weight excluding hydrogens is 250 g/mol. The molecule has 1 fully saturated rings. The maximum atomic E-state index is 11.9. The zero-order valence-electron chi connectivity index (χ0n) is 11.2. The summed E-state index contributed by atoms with van der Waals surface area (Å²) < 4.78 is 9.72. The van der Waals surface area contributed by atoms with E-state index in [1.54, 1.807) is 0 Å². The first-order valence-corrected chi connectivity index (χ1v) is 6.20. The first-order valence-electron chi connectivity index (χ1n) is 6.20. The highest BCUT2D eigenvalue weighted by atomic mass is 16.6. The number of morpholine rings is 1. The second-order valence-corrected chi connectivity index (χ2v) is 5.09. The fraction of sp³-hybridized carbons (Fsp3) is 0.727. The van der Waals surface area contributed by atoms with E-state index >= 15 is 0 Å². The molecule has 0 aromatic carbocycles. The van der Waals surface area contributed by atoms with Gasteiger partial charge in [-0.15, -0.1) is 0 Å². The molecule has 2 heterocycles. The summed E-state index contributed by atoms with van der Waals surface area (Å²) in [6.45, 7) is 7.78. The number of nitrogen functional groups attached to an aromatic ring is 1. The van der Waals surface area contributed by atoms with Crippen LogP contribution in [0.2, 0.25) is 0 Å². The topological polar surface area (TPSA) is 107 Å². The van der Waals surface area contributed by atoms with Gasteiger partial charge in [0.1, 0.15) is 0 Å². The molecule has 8 nitrogen and oxygen atoms in total. The Morgan fingerprint density at radius 2 is 2.11 bits per heavy atom. The Morgan fingerprint density at radius 1 is 1.42 bits per heavy atom. The second-order valence-electron chi connectivity index (χ2n) is 5.09. The van der Waals surface area contributed by atoms with Crippen LogP contribution in [0.25, 0.3) is 0 Å². The lowest BCUT2D eigenvalue weighted by atomic mass is 10.0. The van der Waals surface area contributed by atoms with Gasteiger partial charge in [0.15, 0.2) is 0 Å². The number of carbonyl (C=O) groups is 1. The summed E-state index contributed by atoms with van der Waals surface area (Å²) in [5, 5.41) is 9.65. The van der Waals surface area contributed by atoms with Crippen LogP contribution in [0, 0.1) is 0 Å². The van der Waals surface area contributed by atoms with Crippen LogP contribution in [0.15, 0.2) is 4.63 Å². The molecule has 0 atom stereocenters. The molecule has 19 heavy (non-hydrogen) atoms. The fourth-order valence-electron chi connectivity index (χ4n) is 2.01. The number of anilines is 1. The van der Waals surface area contributed by atoms with Crippen LogP contribution in [0.5, 0.6) is 0 Å². The molecule has 1 aromatic rings. The Hall–Kier alpha value is -1.67. The van der Waals surface area contributed by atoms with E-state index in [1.807, 2.05) is 0 Å². The van der Waals surface area contributed by atoms with Gasteiger partial charge in [0, 0.05) is 25.2 Å². The molecule has 8 heteroatoms. The van der Waals surface area contributed by atoms with Crippen LogP contribution in [0.4, 0.5) is 5.82 Å². The molecule has 2 rings (SSSR count). The highest BCUT2D eigenvalue weighted by Gasteiger charge is 2.29. The van der Waals surface area contributed by atoms with Crippen molar-refractivity contribution in [1.29, 1.82) is 0 Å². The molecule has 106 valence electrons. The molecule has 1 aliphatic rings. The quantitative estimate of drug-likeness (QED) is 0.758. The summed E-state index contributed by atoms with van der Waals surface area (Å²) >= 11 is 0. The Kier molecular flexibility index (Phi) is 4.01. The van der Waals surface area contributed by atoms with Crippen LogP contribution in [-0.2, 0) is 4.74 Å². The van der Waals surface area contributed by atoms with E-state index in [0.29, 0.717) is 6.54 Å². The number of nitrogens with zero attached hydrogens (tertiary/aromatic N) is 3. The maximum absolute atomic E-state index is 11.9. The van der Waals surface area contributed by atoms with Crippen molar-refractivity contribution in [2.45, 2.75) is 19.4 Å². The van der Waals surface area contributed by atoms with Crippen LogP contribution in [-0.4, -0.2) is 59.5 Å². The SMILES string of the molecule is CC(C)(CNC(=O)c1nonc1N)N1CCOCC1. The van der Waals surface area contributed by atoms with Gasteiger partial charge in [0.2, 0.25) is 11.5 Å². The van der Waals surface area contributed by atoms with Crippen LogP contribution in [0.3, 0.4) is 0 Å². The number of aromatic nitrogens is 2. The predicted octanol–water partition coefficient (Wildman–Crippen LogP) is -0.508. The maximum Gasteiger partial charge on any atom is 0.277 e. The third-order valence-electron chi connectivity index (χ3n) is 3.28. The molecule has 3 N–H and O–H groups in total. The number of amides is 1. The van der Waals surface area contributed by atoms with Crippen LogP contribution in [0.1, 0.15) is 24.3 Å². The summed E-state index contributed by atoms with van der Waals surface area (Å²) in [5.74, 6) is -0.373. The molecule has 0 saturated carbocycles. The Bertz CT molecular complexity index is 439. The van der Waals surface area contributed by atoms with Gasteiger partial charge in [-0.3, -0.25) is 9.69 Å². The van der Waals surface area contributed by atoms with Crippen molar-refractivity contribution in [2.75, 3.05) is 38.6 Å². The monoisotopic (exact) mass is 269 g/mol. The van der Waals surface area contributed by atoms with Gasteiger partial charge in [0.25, 0.3) is 5.91 Å². The molecule has 0 unspecified atom stereocenters. The third kappa shape index (κ3) is 3.21. The lowest BCUT2D eigenvalue weighted by Crippen LogP contribution is -2.55. The summed E-state index contributed by atoms with van der Waals surface area (Å²) in [4.78, 5) is 14.1. The summed E-state index contributed by atoms with van der Waals surface area (Å²) in [6, 6.07) is 0. The average Bonchev–Trinajstić information content (AvgIpc) is 2.83. The predicted molar refractivity (Wildman–Crippen MR) is 67.5 cm³/mol. The van der Waals surface area contributed by atoms with E-state index in [9.17, 15) is 4.79 Å². The smallest absolute Gasteiger partial charge is 0.277 e. The van der Waals surface area contributed by atoms with E-state index in [4.69, 9.17) is 10.5 Å². The first kappa shape index (κ1) is 13.8. The Labute approximate surface area is 111 Å². The fourth-order valence-corrected chi connectivity index (χ4v) is 2.01. The van der Waals surface area contributed by atoms with E-state index in [0.717, 1.165) is 26.3 Å². The molecule has 0 aliphatic carbocycles. The van der Waals surface area contributed by atoms with Crippen LogP contribution >= 0.6 is 0 Å². The number of hydrogen-bond donors (Lipinski definition) is 2. The van der Waals surface area contributed by atoms with Gasteiger partial charge in [-0.1, -0.05) is 0 Å². The summed E-state index contributed by atoms with van der Waals surface area (Å²) in [5.41, 5.74) is 5.33. The molecule has 0 bridgehead atoms. The molecule has 0 spiro atoms. The minimum Gasteiger partial charge on any atom is -0.379 e. The van der Waals surface area contributed by atoms with Crippen LogP contribution < -0.4 is 11.1 Å². The van der Waals surface area contributed by atoms with Crippen molar-refractivity contribution >= 4 is 11.7 Å². The van der Waals surface area contributed by atoms with Crippen molar-refractivity contribution in [2.24, 2.45) is 0 Å². The van der Waals surface area contributed by atoms with E-state index in [-0.39, 0.29) is 23.0 Å². The van der Waals surface area contributed by atoms with E-state index < -0.39 is 0 Å². The standard InChI is InChI=1S/C11H19N5O3/c1-11(2,16-3-5-18-6-4-16)7-13-10(17)8-9(12)15-19-14-8/h3-7H2,1-2H3,(H2,12,15)(H,13,17).